The number of aromatic hydroxyl groups is 1. The molecule has 2 rings (SSSR count). The molecule has 1 heterocycles. The van der Waals surface area contributed by atoms with Gasteiger partial charge in [0, 0.05) is 6.42 Å². The first-order valence-corrected chi connectivity index (χ1v) is 4.41. The Morgan fingerprint density at radius 1 is 1.40 bits per heavy atom. The third-order valence-electron chi connectivity index (χ3n) is 2.16. The second-order valence-corrected chi connectivity index (χ2v) is 3.09. The molecule has 0 atom stereocenters. The van der Waals surface area contributed by atoms with Gasteiger partial charge < -0.3 is 9.52 Å². The maximum absolute atomic E-state index is 11.4. The topological polar surface area (TPSA) is 50.4 Å². The average molecular weight is 200 g/mol. The van der Waals surface area contributed by atoms with Gasteiger partial charge in [0.15, 0.2) is 0 Å². The Labute approximate surface area is 86.0 Å². The molecule has 1 aromatic heterocycles. The van der Waals surface area contributed by atoms with E-state index >= 15 is 0 Å². The van der Waals surface area contributed by atoms with Crippen molar-refractivity contribution in [2.24, 2.45) is 0 Å². The van der Waals surface area contributed by atoms with Crippen molar-refractivity contribution in [1.82, 2.24) is 0 Å². The van der Waals surface area contributed by atoms with Gasteiger partial charge in [0.1, 0.15) is 11.3 Å². The normalized spacial score (nSPS) is 10.1. The van der Waals surface area contributed by atoms with Gasteiger partial charge in [-0.2, -0.15) is 0 Å². The molecular weight excluding hydrogens is 192 g/mol. The van der Waals surface area contributed by atoms with Crippen LogP contribution in [0.3, 0.4) is 0 Å². The predicted molar refractivity (Wildman–Crippen MR) is 56.7 cm³/mol. The highest BCUT2D eigenvalue weighted by Crippen LogP contribution is 2.25. The summed E-state index contributed by atoms with van der Waals surface area (Å²) in [5.41, 5.74) is -0.0823. The molecule has 0 amide bonds. The van der Waals surface area contributed by atoms with Gasteiger partial charge in [-0.1, -0.05) is 12.1 Å². The Morgan fingerprint density at radius 3 is 2.87 bits per heavy atom. The summed E-state index contributed by atoms with van der Waals surface area (Å²) in [5.74, 6) is 2.23. The molecule has 74 valence electrons. The molecule has 1 N–H and O–H groups in total. The minimum Gasteiger partial charge on any atom is -0.507 e. The quantitative estimate of drug-likeness (QED) is 0.562. The lowest BCUT2D eigenvalue weighted by Gasteiger charge is -2.02. The van der Waals surface area contributed by atoms with Gasteiger partial charge in [0.25, 0.3) is 0 Å². The minimum absolute atomic E-state index is 0.0685. The first-order chi connectivity index (χ1) is 7.24. The van der Waals surface area contributed by atoms with Crippen LogP contribution in [0.2, 0.25) is 0 Å². The van der Waals surface area contributed by atoms with Crippen molar-refractivity contribution in [3.8, 4) is 18.1 Å². The minimum atomic E-state index is -0.579. The number of hydrogen-bond acceptors (Lipinski definition) is 3. The van der Waals surface area contributed by atoms with Crippen LogP contribution in [0.1, 0.15) is 5.56 Å². The van der Waals surface area contributed by atoms with Crippen molar-refractivity contribution < 1.29 is 9.52 Å². The Hall–Kier alpha value is -2.21. The summed E-state index contributed by atoms with van der Waals surface area (Å²) in [6.45, 7) is 0. The summed E-state index contributed by atoms with van der Waals surface area (Å²) in [6.07, 6.45) is 5.17. The zero-order valence-corrected chi connectivity index (χ0v) is 7.86. The molecule has 0 aliphatic rings. The number of terminal acetylenes is 1. The monoisotopic (exact) mass is 200 g/mol. The van der Waals surface area contributed by atoms with E-state index in [1.807, 2.05) is 0 Å². The highest BCUT2D eigenvalue weighted by Gasteiger charge is 2.11. The van der Waals surface area contributed by atoms with Gasteiger partial charge in [-0.3, -0.25) is 0 Å². The summed E-state index contributed by atoms with van der Waals surface area (Å²) in [4.78, 5) is 11.4. The highest BCUT2D eigenvalue weighted by atomic mass is 16.4. The largest absolute Gasteiger partial charge is 0.507 e. The summed E-state index contributed by atoms with van der Waals surface area (Å²) in [5, 5.41) is 10.3. The molecule has 2 aromatic rings. The van der Waals surface area contributed by atoms with Crippen molar-refractivity contribution in [2.75, 3.05) is 0 Å². The van der Waals surface area contributed by atoms with E-state index in [0.717, 1.165) is 0 Å². The van der Waals surface area contributed by atoms with Crippen LogP contribution in [0, 0.1) is 12.3 Å². The summed E-state index contributed by atoms with van der Waals surface area (Å²) in [7, 11) is 0. The molecule has 0 spiro atoms. The molecule has 3 nitrogen and oxygen atoms in total. The van der Waals surface area contributed by atoms with Crippen molar-refractivity contribution in [3.05, 3.63) is 40.2 Å². The van der Waals surface area contributed by atoms with Crippen molar-refractivity contribution >= 4 is 11.0 Å². The van der Waals surface area contributed by atoms with Crippen LogP contribution in [0.25, 0.3) is 11.0 Å². The lowest BCUT2D eigenvalue weighted by Crippen LogP contribution is -2.06. The fourth-order valence-corrected chi connectivity index (χ4v) is 1.43. The molecule has 3 heteroatoms. The first kappa shape index (κ1) is 9.35. The Balaban J connectivity index is 2.85. The summed E-state index contributed by atoms with van der Waals surface area (Å²) < 4.78 is 5.02. The van der Waals surface area contributed by atoms with Crippen LogP contribution in [-0.4, -0.2) is 5.11 Å². The molecule has 0 unspecified atom stereocenters. The van der Waals surface area contributed by atoms with Gasteiger partial charge in [-0.15, -0.1) is 12.3 Å². The predicted octanol–water partition coefficient (Wildman–Crippen LogP) is 1.67. The lowest BCUT2D eigenvalue weighted by atomic mass is 10.1. The number of rotatable bonds is 1. The Bertz CT molecular complexity index is 602. The molecular formula is C12H8O3. The van der Waals surface area contributed by atoms with Crippen molar-refractivity contribution in [1.29, 1.82) is 0 Å². The lowest BCUT2D eigenvalue weighted by molar-refractivity contribution is 0.459. The molecule has 0 saturated carbocycles. The van der Waals surface area contributed by atoms with Crippen LogP contribution < -0.4 is 5.63 Å². The van der Waals surface area contributed by atoms with Gasteiger partial charge in [-0.05, 0) is 12.1 Å². The molecule has 15 heavy (non-hydrogen) atoms. The summed E-state index contributed by atoms with van der Waals surface area (Å²) >= 11 is 0. The summed E-state index contributed by atoms with van der Waals surface area (Å²) in [6, 6.07) is 6.77. The van der Waals surface area contributed by atoms with Crippen molar-refractivity contribution in [2.45, 2.75) is 6.42 Å². The standard InChI is InChI=1S/C12H8O3/c1-2-5-9-11(13)8-6-3-4-7-10(8)15-12(9)14/h1,3-4,6-7,13H,5H2. The van der Waals surface area contributed by atoms with Gasteiger partial charge in [0.2, 0.25) is 0 Å². The van der Waals surface area contributed by atoms with E-state index in [9.17, 15) is 9.90 Å². The molecule has 0 radical (unpaired) electrons. The second-order valence-electron chi connectivity index (χ2n) is 3.09. The van der Waals surface area contributed by atoms with Gasteiger partial charge >= 0.3 is 5.63 Å². The fraction of sp³-hybridized carbons (Fsp3) is 0.0833. The molecule has 0 aliphatic carbocycles. The first-order valence-electron chi connectivity index (χ1n) is 4.41. The van der Waals surface area contributed by atoms with Crippen molar-refractivity contribution in [3.63, 3.8) is 0 Å². The molecule has 1 aromatic carbocycles. The molecule has 0 saturated heterocycles. The van der Waals surface area contributed by atoms with E-state index in [-0.39, 0.29) is 17.7 Å². The van der Waals surface area contributed by atoms with E-state index in [0.29, 0.717) is 11.0 Å². The van der Waals surface area contributed by atoms with E-state index in [1.54, 1.807) is 24.3 Å². The second kappa shape index (κ2) is 3.50. The highest BCUT2D eigenvalue weighted by molar-refractivity contribution is 5.83. The smallest absolute Gasteiger partial charge is 0.344 e. The zero-order valence-electron chi connectivity index (χ0n) is 7.86. The van der Waals surface area contributed by atoms with Crippen LogP contribution in [-0.2, 0) is 6.42 Å². The SMILES string of the molecule is C#CCc1c(O)c2ccccc2oc1=O. The van der Waals surface area contributed by atoms with Crippen LogP contribution in [0.5, 0.6) is 5.75 Å². The molecule has 0 fully saturated rings. The number of para-hydroxylation sites is 1. The maximum Gasteiger partial charge on any atom is 0.344 e. The van der Waals surface area contributed by atoms with E-state index in [2.05, 4.69) is 5.92 Å². The number of hydrogen-bond donors (Lipinski definition) is 1. The number of fused-ring (bicyclic) bond motifs is 1. The third kappa shape index (κ3) is 1.46. The Kier molecular flexibility index (Phi) is 2.18. The van der Waals surface area contributed by atoms with E-state index in [4.69, 9.17) is 10.8 Å². The molecule has 0 bridgehead atoms. The van der Waals surface area contributed by atoms with E-state index in [1.165, 1.54) is 0 Å². The molecule has 0 aliphatic heterocycles. The van der Waals surface area contributed by atoms with E-state index < -0.39 is 5.63 Å². The zero-order chi connectivity index (χ0) is 10.8. The average Bonchev–Trinajstić information content (AvgIpc) is 2.24. The van der Waals surface area contributed by atoms with Crippen LogP contribution in [0.4, 0.5) is 0 Å². The Morgan fingerprint density at radius 2 is 2.13 bits per heavy atom. The van der Waals surface area contributed by atoms with Crippen LogP contribution >= 0.6 is 0 Å². The number of benzene rings is 1. The third-order valence-corrected chi connectivity index (χ3v) is 2.16. The maximum atomic E-state index is 11.4. The fourth-order valence-electron chi connectivity index (χ4n) is 1.43. The van der Waals surface area contributed by atoms with Gasteiger partial charge in [0.05, 0.1) is 10.9 Å². The van der Waals surface area contributed by atoms with Gasteiger partial charge in [-0.25, -0.2) is 4.79 Å². The van der Waals surface area contributed by atoms with Crippen LogP contribution in [0.15, 0.2) is 33.5 Å².